The van der Waals surface area contributed by atoms with Crippen LogP contribution in [-0.2, 0) is 19.7 Å². The molecule has 5 aliphatic rings. The Morgan fingerprint density at radius 2 is 2.19 bits per heavy atom. The Labute approximate surface area is 157 Å². The van der Waals surface area contributed by atoms with E-state index in [4.69, 9.17) is 4.74 Å². The molecule has 4 heterocycles. The highest BCUT2D eigenvalue weighted by atomic mass is 16.5. The molecule has 3 saturated heterocycles. The molecule has 0 radical (unpaired) electrons. The SMILES string of the molecule is C/C=C1/C[N@+]2(C)CC[C@@]34c5ccccc5N[C@]35OC[C@]4(C(=O)O)[C@@H]1C(=O)[C@@H]52. The highest BCUT2D eigenvalue weighted by Gasteiger charge is 2.91. The number of aliphatic carboxylic acids is 1. The van der Waals surface area contributed by atoms with E-state index in [2.05, 4.69) is 12.4 Å². The summed E-state index contributed by atoms with van der Waals surface area (Å²) in [6.45, 7) is 3.49. The molecule has 1 aromatic carbocycles. The first kappa shape index (κ1) is 15.8. The number of nitrogens with one attached hydrogen (secondary N) is 1. The number of likely N-dealkylation sites (N-methyl/N-ethyl adjacent to an activating group) is 1. The lowest BCUT2D eigenvalue weighted by Crippen LogP contribution is -2.86. The van der Waals surface area contributed by atoms with Crippen molar-refractivity contribution in [2.24, 2.45) is 11.3 Å². The molecule has 6 rings (SSSR count). The van der Waals surface area contributed by atoms with E-state index in [-0.39, 0.29) is 18.4 Å². The molecule has 4 aliphatic heterocycles. The highest BCUT2D eigenvalue weighted by molar-refractivity contribution is 6.01. The number of ketones is 1. The number of allylic oxidation sites excluding steroid dienone is 1. The van der Waals surface area contributed by atoms with Gasteiger partial charge in [-0.15, -0.1) is 0 Å². The Hall–Kier alpha value is -2.18. The summed E-state index contributed by atoms with van der Waals surface area (Å²) >= 11 is 0. The maximum Gasteiger partial charge on any atom is 0.314 e. The van der Waals surface area contributed by atoms with Crippen molar-refractivity contribution < 1.29 is 23.9 Å². The number of benzene rings is 1. The van der Waals surface area contributed by atoms with Gasteiger partial charge in [0.25, 0.3) is 0 Å². The number of Topliss-reactive ketones (excluding diaryl/α,β-unsaturated/α-hetero) is 1. The minimum Gasteiger partial charge on any atom is -0.481 e. The van der Waals surface area contributed by atoms with E-state index in [0.29, 0.717) is 17.4 Å². The van der Waals surface area contributed by atoms with Crippen molar-refractivity contribution in [3.05, 3.63) is 41.5 Å². The molecule has 2 N–H and O–H groups in total. The van der Waals surface area contributed by atoms with Crippen LogP contribution in [0.1, 0.15) is 18.9 Å². The van der Waals surface area contributed by atoms with Gasteiger partial charge in [-0.1, -0.05) is 24.3 Å². The fourth-order valence-electron chi connectivity index (χ4n) is 7.51. The number of carboxylic acids is 1. The molecule has 1 aromatic rings. The lowest BCUT2D eigenvalue weighted by Gasteiger charge is -2.66. The molecule has 6 heteroatoms. The second kappa shape index (κ2) is 4.28. The van der Waals surface area contributed by atoms with Crippen LogP contribution in [0, 0.1) is 11.3 Å². The highest BCUT2D eigenvalue weighted by Crippen LogP contribution is 2.74. The second-order valence-corrected chi connectivity index (χ2v) is 9.09. The first-order chi connectivity index (χ1) is 12.9. The molecule has 5 bridgehead atoms. The Morgan fingerprint density at radius 1 is 1.41 bits per heavy atom. The number of para-hydroxylation sites is 1. The third-order valence-electron chi connectivity index (χ3n) is 8.35. The van der Waals surface area contributed by atoms with Crippen LogP contribution < -0.4 is 5.32 Å². The number of carboxylic acid groups (broad SMARTS) is 1. The van der Waals surface area contributed by atoms with Gasteiger partial charge in [-0.3, -0.25) is 9.59 Å². The monoisotopic (exact) mass is 367 g/mol. The van der Waals surface area contributed by atoms with Gasteiger partial charge in [0.2, 0.25) is 11.5 Å². The lowest BCUT2D eigenvalue weighted by atomic mass is 9.42. The molecule has 0 aromatic heterocycles. The molecular weight excluding hydrogens is 344 g/mol. The van der Waals surface area contributed by atoms with Gasteiger partial charge in [-0.25, -0.2) is 0 Å². The Kier molecular flexibility index (Phi) is 2.51. The molecule has 6 atom stereocenters. The first-order valence-corrected chi connectivity index (χ1v) is 9.66. The van der Waals surface area contributed by atoms with E-state index in [1.165, 1.54) is 0 Å². The fourth-order valence-corrected chi connectivity index (χ4v) is 7.51. The van der Waals surface area contributed by atoms with Crippen LogP contribution in [0.25, 0.3) is 0 Å². The molecule has 0 amide bonds. The number of piperidine rings is 2. The summed E-state index contributed by atoms with van der Waals surface area (Å²) in [6, 6.07) is 7.55. The number of carbonyl (C=O) groups is 2. The number of quaternary nitrogens is 1. The summed E-state index contributed by atoms with van der Waals surface area (Å²) in [5.74, 6) is -1.48. The number of rotatable bonds is 1. The second-order valence-electron chi connectivity index (χ2n) is 9.09. The Balaban J connectivity index is 1.79. The van der Waals surface area contributed by atoms with Crippen LogP contribution in [0.4, 0.5) is 5.69 Å². The minimum atomic E-state index is -1.26. The molecule has 27 heavy (non-hydrogen) atoms. The van der Waals surface area contributed by atoms with Crippen molar-refractivity contribution in [3.63, 3.8) is 0 Å². The predicted molar refractivity (Wildman–Crippen MR) is 97.1 cm³/mol. The number of hydrogen-bond donors (Lipinski definition) is 2. The van der Waals surface area contributed by atoms with Gasteiger partial charge < -0.3 is 19.6 Å². The van der Waals surface area contributed by atoms with E-state index in [1.54, 1.807) is 0 Å². The zero-order valence-corrected chi connectivity index (χ0v) is 15.5. The van der Waals surface area contributed by atoms with Crippen LogP contribution in [0.5, 0.6) is 0 Å². The van der Waals surface area contributed by atoms with Crippen molar-refractivity contribution >= 4 is 17.4 Å². The maximum atomic E-state index is 13.8. The van der Waals surface area contributed by atoms with Crippen LogP contribution in [0.2, 0.25) is 0 Å². The van der Waals surface area contributed by atoms with Gasteiger partial charge in [0.15, 0.2) is 6.04 Å². The number of anilines is 1. The third-order valence-corrected chi connectivity index (χ3v) is 8.35. The zero-order valence-electron chi connectivity index (χ0n) is 15.5. The van der Waals surface area contributed by atoms with Gasteiger partial charge in [-0.05, 0) is 24.1 Å². The Morgan fingerprint density at radius 3 is 2.93 bits per heavy atom. The molecule has 6 nitrogen and oxygen atoms in total. The van der Waals surface area contributed by atoms with Crippen molar-refractivity contribution in [1.29, 1.82) is 0 Å². The number of fused-ring (bicyclic) bond motifs is 3. The van der Waals surface area contributed by atoms with Gasteiger partial charge in [0, 0.05) is 12.1 Å². The smallest absolute Gasteiger partial charge is 0.314 e. The van der Waals surface area contributed by atoms with Gasteiger partial charge in [0.1, 0.15) is 12.0 Å². The number of carbonyl (C=O) groups excluding carboxylic acids is 1. The summed E-state index contributed by atoms with van der Waals surface area (Å²) < 4.78 is 7.04. The lowest BCUT2D eigenvalue weighted by molar-refractivity contribution is -0.937. The van der Waals surface area contributed by atoms with Gasteiger partial charge in [0.05, 0.1) is 31.5 Å². The van der Waals surface area contributed by atoms with Crippen molar-refractivity contribution in [2.45, 2.75) is 30.5 Å². The number of hydrogen-bond acceptors (Lipinski definition) is 4. The van der Waals surface area contributed by atoms with E-state index in [9.17, 15) is 14.7 Å². The van der Waals surface area contributed by atoms with Gasteiger partial charge in [-0.2, -0.15) is 0 Å². The molecule has 0 spiro atoms. The predicted octanol–water partition coefficient (Wildman–Crippen LogP) is 1.53. The van der Waals surface area contributed by atoms with Crippen LogP contribution in [-0.4, -0.2) is 59.9 Å². The quantitative estimate of drug-likeness (QED) is 0.582. The van der Waals surface area contributed by atoms with Crippen molar-refractivity contribution in [1.82, 2.24) is 0 Å². The average Bonchev–Trinajstić information content (AvgIpc) is 3.05. The van der Waals surface area contributed by atoms with E-state index >= 15 is 0 Å². The maximum absolute atomic E-state index is 13.8. The normalized spacial score (nSPS) is 49.7. The number of ether oxygens (including phenoxy) is 1. The third kappa shape index (κ3) is 1.26. The molecule has 0 unspecified atom stereocenters. The molecule has 4 fully saturated rings. The van der Waals surface area contributed by atoms with E-state index in [0.717, 1.165) is 23.4 Å². The zero-order chi connectivity index (χ0) is 18.8. The van der Waals surface area contributed by atoms with Crippen LogP contribution in [0.15, 0.2) is 35.9 Å². The summed E-state index contributed by atoms with van der Waals surface area (Å²) in [5, 5.41) is 14.2. The summed E-state index contributed by atoms with van der Waals surface area (Å²) in [5.41, 5.74) is -0.0563. The summed E-state index contributed by atoms with van der Waals surface area (Å²) in [7, 11) is 2.13. The van der Waals surface area contributed by atoms with Crippen molar-refractivity contribution in [3.8, 4) is 0 Å². The fraction of sp³-hybridized carbons (Fsp3) is 0.524. The van der Waals surface area contributed by atoms with Crippen molar-refractivity contribution in [2.75, 3.05) is 32.1 Å². The van der Waals surface area contributed by atoms with Gasteiger partial charge >= 0.3 is 5.97 Å². The Bertz CT molecular complexity index is 973. The minimum absolute atomic E-state index is 0.0346. The topological polar surface area (TPSA) is 75.6 Å². The standard InChI is InChI=1S/C21H22N2O4/c1-3-12-10-23(2)9-8-20-13-6-4-5-7-14(13)22-21(20)17(23)16(24)15(12)19(20,11-27-21)18(25)26/h3-7,15,17,22H,8-11H2,1-2H3/p+1/b12-3-/t15-,17-,19+,20-,21+,23-/m0/s1. The van der Waals surface area contributed by atoms with Crippen LogP contribution in [0.3, 0.4) is 0 Å². The first-order valence-electron chi connectivity index (χ1n) is 9.66. The largest absolute Gasteiger partial charge is 0.481 e. The average molecular weight is 367 g/mol. The van der Waals surface area contributed by atoms with E-state index < -0.39 is 28.4 Å². The number of nitrogens with zero attached hydrogens (tertiary/aromatic N) is 1. The van der Waals surface area contributed by atoms with E-state index in [1.807, 2.05) is 37.3 Å². The molecule has 1 saturated carbocycles. The summed E-state index contributed by atoms with van der Waals surface area (Å²) in [6.07, 6.45) is 2.68. The molecule has 1 aliphatic carbocycles. The molecule has 140 valence electrons. The van der Waals surface area contributed by atoms with Crippen LogP contribution >= 0.6 is 0 Å². The summed E-state index contributed by atoms with van der Waals surface area (Å²) in [4.78, 5) is 26.7. The molecular formula is C21H23N2O4+.